The second kappa shape index (κ2) is 9.64. The fourth-order valence-electron chi connectivity index (χ4n) is 3.08. The SMILES string of the molecule is COc1ccc2cc(/C(C)=N\NC(=S)NCC[NH+]3CCOCC3)ccc2c1. The molecule has 1 heterocycles. The van der Waals surface area contributed by atoms with Crippen LogP contribution in [0.3, 0.4) is 0 Å². The summed E-state index contributed by atoms with van der Waals surface area (Å²) in [5.41, 5.74) is 4.88. The predicted molar refractivity (Wildman–Crippen MR) is 113 cm³/mol. The van der Waals surface area contributed by atoms with Gasteiger partial charge in [-0.15, -0.1) is 0 Å². The van der Waals surface area contributed by atoms with E-state index >= 15 is 0 Å². The van der Waals surface area contributed by atoms with E-state index in [2.05, 4.69) is 40.1 Å². The average Bonchev–Trinajstić information content (AvgIpc) is 2.72. The number of nitrogens with one attached hydrogen (secondary N) is 3. The van der Waals surface area contributed by atoms with E-state index in [-0.39, 0.29) is 0 Å². The van der Waals surface area contributed by atoms with E-state index in [9.17, 15) is 0 Å². The van der Waals surface area contributed by atoms with Crippen LogP contribution in [0, 0.1) is 0 Å². The molecule has 0 aromatic heterocycles. The van der Waals surface area contributed by atoms with Gasteiger partial charge >= 0.3 is 0 Å². The number of hydrogen-bond donors (Lipinski definition) is 3. The summed E-state index contributed by atoms with van der Waals surface area (Å²) in [7, 11) is 1.68. The van der Waals surface area contributed by atoms with Crippen LogP contribution < -0.4 is 20.4 Å². The molecule has 0 aliphatic carbocycles. The topological polar surface area (TPSA) is 59.3 Å². The van der Waals surface area contributed by atoms with E-state index in [1.54, 1.807) is 12.0 Å². The van der Waals surface area contributed by atoms with Crippen molar-refractivity contribution in [2.45, 2.75) is 6.92 Å². The lowest BCUT2D eigenvalue weighted by molar-refractivity contribution is -0.906. The largest absolute Gasteiger partial charge is 0.497 e. The van der Waals surface area contributed by atoms with Crippen LogP contribution in [0.1, 0.15) is 12.5 Å². The number of nitrogens with zero attached hydrogens (tertiary/aromatic N) is 1. The Morgan fingerprint density at radius 2 is 1.93 bits per heavy atom. The van der Waals surface area contributed by atoms with Crippen molar-refractivity contribution in [2.24, 2.45) is 5.10 Å². The maximum absolute atomic E-state index is 5.37. The number of ether oxygens (including phenoxy) is 2. The highest BCUT2D eigenvalue weighted by Gasteiger charge is 2.12. The van der Waals surface area contributed by atoms with Crippen LogP contribution in [0.2, 0.25) is 0 Å². The first-order valence-corrected chi connectivity index (χ1v) is 9.64. The molecule has 0 atom stereocenters. The molecule has 0 unspecified atom stereocenters. The first-order valence-electron chi connectivity index (χ1n) is 9.23. The number of quaternary nitrogens is 1. The normalized spacial score (nSPS) is 15.6. The molecule has 0 spiro atoms. The van der Waals surface area contributed by atoms with Gasteiger partial charge in [0.15, 0.2) is 5.11 Å². The summed E-state index contributed by atoms with van der Waals surface area (Å²) in [6, 6.07) is 12.3. The van der Waals surface area contributed by atoms with E-state index < -0.39 is 0 Å². The van der Waals surface area contributed by atoms with Gasteiger partial charge in [0.05, 0.1) is 39.1 Å². The van der Waals surface area contributed by atoms with Crippen molar-refractivity contribution in [3.63, 3.8) is 0 Å². The second-order valence-electron chi connectivity index (χ2n) is 6.61. The Morgan fingerprint density at radius 1 is 1.19 bits per heavy atom. The first-order chi connectivity index (χ1) is 13.2. The van der Waals surface area contributed by atoms with Crippen molar-refractivity contribution in [1.82, 2.24) is 10.7 Å². The number of rotatable bonds is 6. The number of hydrogen-bond acceptors (Lipinski definition) is 4. The summed E-state index contributed by atoms with van der Waals surface area (Å²) < 4.78 is 10.6. The fourth-order valence-corrected chi connectivity index (χ4v) is 3.23. The average molecular weight is 388 g/mol. The molecule has 27 heavy (non-hydrogen) atoms. The highest BCUT2D eigenvalue weighted by molar-refractivity contribution is 7.80. The Morgan fingerprint density at radius 3 is 2.70 bits per heavy atom. The molecule has 2 aromatic rings. The maximum atomic E-state index is 5.37. The van der Waals surface area contributed by atoms with Gasteiger partial charge in [0.25, 0.3) is 0 Å². The summed E-state index contributed by atoms with van der Waals surface area (Å²) >= 11 is 5.32. The summed E-state index contributed by atoms with van der Waals surface area (Å²) in [6.45, 7) is 7.65. The first kappa shape index (κ1) is 19.5. The third kappa shape index (κ3) is 5.63. The van der Waals surface area contributed by atoms with Crippen molar-refractivity contribution >= 4 is 33.8 Å². The predicted octanol–water partition coefficient (Wildman–Crippen LogP) is 0.952. The van der Waals surface area contributed by atoms with Crippen LogP contribution in [0.15, 0.2) is 41.5 Å². The zero-order valence-electron chi connectivity index (χ0n) is 15.9. The molecule has 0 radical (unpaired) electrons. The summed E-state index contributed by atoms with van der Waals surface area (Å²) in [5.74, 6) is 0.859. The quantitative estimate of drug-likeness (QED) is 0.392. The molecule has 1 aliphatic heterocycles. The minimum absolute atomic E-state index is 0.549. The van der Waals surface area contributed by atoms with Gasteiger partial charge in [0, 0.05) is 0 Å². The van der Waals surface area contributed by atoms with E-state index in [1.807, 2.05) is 19.1 Å². The Balaban J connectivity index is 1.51. The molecular weight excluding hydrogens is 360 g/mol. The zero-order chi connectivity index (χ0) is 19.1. The monoisotopic (exact) mass is 387 g/mol. The third-order valence-electron chi connectivity index (χ3n) is 4.75. The molecule has 144 valence electrons. The smallest absolute Gasteiger partial charge is 0.187 e. The van der Waals surface area contributed by atoms with E-state index in [0.29, 0.717) is 5.11 Å². The molecule has 1 aliphatic rings. The Kier molecular flexibility index (Phi) is 6.98. The minimum atomic E-state index is 0.549. The van der Waals surface area contributed by atoms with Crippen molar-refractivity contribution in [3.8, 4) is 5.75 Å². The number of methoxy groups -OCH3 is 1. The summed E-state index contributed by atoms with van der Waals surface area (Å²) in [4.78, 5) is 1.55. The van der Waals surface area contributed by atoms with Gasteiger partial charge in [0.1, 0.15) is 18.8 Å². The number of fused-ring (bicyclic) bond motifs is 1. The lowest BCUT2D eigenvalue weighted by atomic mass is 10.0. The summed E-state index contributed by atoms with van der Waals surface area (Å²) in [5, 5.41) is 10.5. The van der Waals surface area contributed by atoms with Crippen molar-refractivity contribution in [3.05, 3.63) is 42.0 Å². The van der Waals surface area contributed by atoms with E-state index in [1.165, 1.54) is 0 Å². The van der Waals surface area contributed by atoms with Gasteiger partial charge in [-0.1, -0.05) is 18.2 Å². The molecule has 7 heteroatoms. The molecule has 3 N–H and O–H groups in total. The van der Waals surface area contributed by atoms with Gasteiger partial charge in [-0.2, -0.15) is 5.10 Å². The minimum Gasteiger partial charge on any atom is -0.497 e. The molecule has 6 nitrogen and oxygen atoms in total. The zero-order valence-corrected chi connectivity index (χ0v) is 16.7. The Bertz CT molecular complexity index is 819. The van der Waals surface area contributed by atoms with Gasteiger partial charge in [-0.25, -0.2) is 0 Å². The Hall–Kier alpha value is -2.22. The number of thiocarbonyl (C=S) groups is 1. The highest BCUT2D eigenvalue weighted by atomic mass is 32.1. The molecule has 0 bridgehead atoms. The van der Waals surface area contributed by atoms with E-state index in [0.717, 1.165) is 67.2 Å². The second-order valence-corrected chi connectivity index (χ2v) is 7.01. The molecule has 3 rings (SSSR count). The Labute approximate surface area is 165 Å². The van der Waals surface area contributed by atoms with Gasteiger partial charge in [-0.05, 0) is 53.7 Å². The van der Waals surface area contributed by atoms with Crippen LogP contribution >= 0.6 is 12.2 Å². The van der Waals surface area contributed by atoms with Crippen molar-refractivity contribution in [1.29, 1.82) is 0 Å². The van der Waals surface area contributed by atoms with Gasteiger partial charge in [0.2, 0.25) is 0 Å². The number of hydrazone groups is 1. The van der Waals surface area contributed by atoms with Crippen molar-refractivity contribution < 1.29 is 14.4 Å². The summed E-state index contributed by atoms with van der Waals surface area (Å²) in [6.07, 6.45) is 0. The van der Waals surface area contributed by atoms with E-state index in [4.69, 9.17) is 21.7 Å². The van der Waals surface area contributed by atoms with Crippen LogP contribution in [0.25, 0.3) is 10.8 Å². The third-order valence-corrected chi connectivity index (χ3v) is 4.99. The molecule has 1 saturated heterocycles. The highest BCUT2D eigenvalue weighted by Crippen LogP contribution is 2.22. The molecule has 1 fully saturated rings. The van der Waals surface area contributed by atoms with Crippen LogP contribution in [-0.4, -0.2) is 57.3 Å². The lowest BCUT2D eigenvalue weighted by Crippen LogP contribution is -3.14. The lowest BCUT2D eigenvalue weighted by Gasteiger charge is -2.23. The molecular formula is C20H27N4O2S+. The molecule has 0 amide bonds. The number of morpholine rings is 1. The van der Waals surface area contributed by atoms with Crippen LogP contribution in [0.4, 0.5) is 0 Å². The molecule has 0 saturated carbocycles. The van der Waals surface area contributed by atoms with Gasteiger partial charge < -0.3 is 19.7 Å². The molecule has 2 aromatic carbocycles. The van der Waals surface area contributed by atoms with Crippen LogP contribution in [0.5, 0.6) is 5.75 Å². The fraction of sp³-hybridized carbons (Fsp3) is 0.400. The maximum Gasteiger partial charge on any atom is 0.187 e. The van der Waals surface area contributed by atoms with Gasteiger partial charge in [-0.3, -0.25) is 5.43 Å². The van der Waals surface area contributed by atoms with Crippen molar-refractivity contribution in [2.75, 3.05) is 46.5 Å². The standard InChI is InChI=1S/C20H26N4O2S/c1-15(16-3-4-18-14-19(25-2)6-5-17(18)13-16)22-23-20(27)21-7-8-24-9-11-26-12-10-24/h3-6,13-14H,7-12H2,1-2H3,(H2,21,23,27)/p+1/b22-15-. The van der Waals surface area contributed by atoms with Crippen LogP contribution in [-0.2, 0) is 4.74 Å². The number of benzene rings is 2.